The van der Waals surface area contributed by atoms with Crippen LogP contribution < -0.4 is 4.90 Å². The quantitative estimate of drug-likeness (QED) is 0.775. The summed E-state index contributed by atoms with van der Waals surface area (Å²) in [4.78, 5) is 42.5. The lowest BCUT2D eigenvalue weighted by Crippen LogP contribution is -2.45. The number of halogens is 1. The molecule has 3 amide bonds. The van der Waals surface area contributed by atoms with Crippen molar-refractivity contribution >= 4 is 35.0 Å². The van der Waals surface area contributed by atoms with Crippen molar-refractivity contribution < 1.29 is 14.4 Å². The minimum atomic E-state index is -0.189. The van der Waals surface area contributed by atoms with Crippen LogP contribution >= 0.6 is 11.6 Å². The molecule has 1 aliphatic carbocycles. The number of hydrogen-bond donors (Lipinski definition) is 0. The highest BCUT2D eigenvalue weighted by Gasteiger charge is 2.33. The molecule has 7 heteroatoms. The summed E-state index contributed by atoms with van der Waals surface area (Å²) in [6, 6.07) is 6.96. The van der Waals surface area contributed by atoms with Crippen LogP contribution in [0.2, 0.25) is 5.02 Å². The van der Waals surface area contributed by atoms with E-state index in [1.54, 1.807) is 34.1 Å². The zero-order valence-electron chi connectivity index (χ0n) is 15.7. The van der Waals surface area contributed by atoms with Crippen molar-refractivity contribution in [3.05, 3.63) is 29.3 Å². The predicted octanol–water partition coefficient (Wildman–Crippen LogP) is 2.90. The highest BCUT2D eigenvalue weighted by molar-refractivity contribution is 6.30. The van der Waals surface area contributed by atoms with Crippen LogP contribution in [-0.2, 0) is 14.4 Å². The molecule has 1 aromatic rings. The van der Waals surface area contributed by atoms with Crippen LogP contribution in [0.1, 0.15) is 39.0 Å². The van der Waals surface area contributed by atoms with Gasteiger partial charge in [0, 0.05) is 23.2 Å². The molecule has 0 radical (unpaired) electrons. The van der Waals surface area contributed by atoms with Gasteiger partial charge in [0.25, 0.3) is 0 Å². The highest BCUT2D eigenvalue weighted by atomic mass is 35.5. The number of anilines is 1. The number of carbonyl (C=O) groups excluding carboxylic acids is 3. The summed E-state index contributed by atoms with van der Waals surface area (Å²) in [5.41, 5.74) is 0.713. The molecule has 0 aromatic heterocycles. The molecule has 0 N–H and O–H groups in total. The largest absolute Gasteiger partial charge is 0.333 e. The Hall–Kier alpha value is -2.08. The molecule has 0 spiro atoms. The number of hydrogen-bond acceptors (Lipinski definition) is 3. The van der Waals surface area contributed by atoms with Gasteiger partial charge in [-0.25, -0.2) is 0 Å². The number of nitrogens with zero attached hydrogens (tertiary/aromatic N) is 3. The van der Waals surface area contributed by atoms with Gasteiger partial charge in [-0.05, 0) is 44.0 Å². The Kier molecular flexibility index (Phi) is 6.37. The van der Waals surface area contributed by atoms with E-state index in [0.29, 0.717) is 17.3 Å². The third-order valence-corrected chi connectivity index (χ3v) is 5.66. The van der Waals surface area contributed by atoms with Crippen molar-refractivity contribution in [2.45, 2.75) is 39.0 Å². The molecule has 1 saturated carbocycles. The van der Waals surface area contributed by atoms with Gasteiger partial charge in [0.2, 0.25) is 17.7 Å². The zero-order chi connectivity index (χ0) is 19.4. The maximum Gasteiger partial charge on any atom is 0.248 e. The van der Waals surface area contributed by atoms with E-state index in [9.17, 15) is 14.4 Å². The molecule has 6 nitrogen and oxygen atoms in total. The number of benzene rings is 1. The fourth-order valence-electron chi connectivity index (χ4n) is 3.78. The van der Waals surface area contributed by atoms with Crippen LogP contribution in [0.3, 0.4) is 0 Å². The van der Waals surface area contributed by atoms with Gasteiger partial charge in [0.15, 0.2) is 0 Å². The summed E-state index contributed by atoms with van der Waals surface area (Å²) in [7, 11) is 0. The standard InChI is InChI=1S/C20H26ClN3O3/c1-2-22(20(27)15-6-4-3-5-7-15)12-18(25)23-13-19(26)24(14-23)17-10-8-16(21)9-11-17/h8-11,15H,2-7,12-14H2,1H3. The van der Waals surface area contributed by atoms with E-state index in [4.69, 9.17) is 11.6 Å². The minimum Gasteiger partial charge on any atom is -0.333 e. The van der Waals surface area contributed by atoms with Crippen LogP contribution in [0.15, 0.2) is 24.3 Å². The Morgan fingerprint density at radius 3 is 2.44 bits per heavy atom. The molecular formula is C20H26ClN3O3. The second kappa shape index (κ2) is 8.74. The molecule has 27 heavy (non-hydrogen) atoms. The highest BCUT2D eigenvalue weighted by Crippen LogP contribution is 2.26. The Labute approximate surface area is 165 Å². The van der Waals surface area contributed by atoms with Crippen LogP contribution in [0.25, 0.3) is 0 Å². The van der Waals surface area contributed by atoms with E-state index in [1.165, 1.54) is 11.3 Å². The molecule has 1 heterocycles. The summed E-state index contributed by atoms with van der Waals surface area (Å²) in [6.07, 6.45) is 5.18. The van der Waals surface area contributed by atoms with Gasteiger partial charge in [-0.2, -0.15) is 0 Å². The van der Waals surface area contributed by atoms with Crippen LogP contribution in [0.5, 0.6) is 0 Å². The first kappa shape index (κ1) is 19.7. The van der Waals surface area contributed by atoms with Crippen molar-refractivity contribution in [3.8, 4) is 0 Å². The van der Waals surface area contributed by atoms with E-state index in [0.717, 1.165) is 25.7 Å². The molecule has 3 rings (SSSR count). The van der Waals surface area contributed by atoms with Gasteiger partial charge in [-0.1, -0.05) is 30.9 Å². The summed E-state index contributed by atoms with van der Waals surface area (Å²) in [5, 5.41) is 0.596. The number of rotatable bonds is 5. The third kappa shape index (κ3) is 4.61. The SMILES string of the molecule is CCN(CC(=O)N1CC(=O)N(c2ccc(Cl)cc2)C1)C(=O)C1CCCCC1. The fraction of sp³-hybridized carbons (Fsp3) is 0.550. The van der Waals surface area contributed by atoms with E-state index in [2.05, 4.69) is 0 Å². The molecular weight excluding hydrogens is 366 g/mol. The molecule has 2 aliphatic rings. The lowest BCUT2D eigenvalue weighted by molar-refractivity contribution is -0.143. The summed E-state index contributed by atoms with van der Waals surface area (Å²) >= 11 is 5.90. The summed E-state index contributed by atoms with van der Waals surface area (Å²) in [6.45, 7) is 2.67. The third-order valence-electron chi connectivity index (χ3n) is 5.40. The van der Waals surface area contributed by atoms with Gasteiger partial charge < -0.3 is 9.80 Å². The Morgan fingerprint density at radius 1 is 1.15 bits per heavy atom. The fourth-order valence-corrected chi connectivity index (χ4v) is 3.90. The maximum absolute atomic E-state index is 12.7. The van der Waals surface area contributed by atoms with Crippen LogP contribution in [0, 0.1) is 5.92 Å². The second-order valence-corrected chi connectivity index (χ2v) is 7.66. The van der Waals surface area contributed by atoms with E-state index in [-0.39, 0.29) is 43.4 Å². The molecule has 0 atom stereocenters. The number of likely N-dealkylation sites (N-methyl/N-ethyl adjacent to an activating group) is 1. The Balaban J connectivity index is 1.60. The van der Waals surface area contributed by atoms with Crippen molar-refractivity contribution in [1.82, 2.24) is 9.80 Å². The zero-order valence-corrected chi connectivity index (χ0v) is 16.5. The lowest BCUT2D eigenvalue weighted by atomic mass is 9.88. The van der Waals surface area contributed by atoms with Crippen molar-refractivity contribution in [1.29, 1.82) is 0 Å². The van der Waals surface area contributed by atoms with E-state index >= 15 is 0 Å². The monoisotopic (exact) mass is 391 g/mol. The maximum atomic E-state index is 12.7. The smallest absolute Gasteiger partial charge is 0.248 e. The Morgan fingerprint density at radius 2 is 1.81 bits per heavy atom. The van der Waals surface area contributed by atoms with Crippen LogP contribution in [-0.4, -0.2) is 53.8 Å². The molecule has 2 fully saturated rings. The first-order chi connectivity index (χ1) is 13.0. The summed E-state index contributed by atoms with van der Waals surface area (Å²) < 4.78 is 0. The summed E-state index contributed by atoms with van der Waals surface area (Å²) in [5.74, 6) is -0.207. The number of carbonyl (C=O) groups is 3. The average Bonchev–Trinajstić information content (AvgIpc) is 3.08. The van der Waals surface area contributed by atoms with Gasteiger partial charge in [0.05, 0.1) is 6.54 Å². The first-order valence-corrected chi connectivity index (χ1v) is 10.00. The number of amides is 3. The van der Waals surface area contributed by atoms with E-state index in [1.807, 2.05) is 6.92 Å². The van der Waals surface area contributed by atoms with Gasteiger partial charge >= 0.3 is 0 Å². The van der Waals surface area contributed by atoms with Crippen molar-refractivity contribution in [3.63, 3.8) is 0 Å². The molecule has 0 bridgehead atoms. The molecule has 1 aromatic carbocycles. The molecule has 146 valence electrons. The average molecular weight is 392 g/mol. The van der Waals surface area contributed by atoms with Gasteiger partial charge in [0.1, 0.15) is 13.2 Å². The van der Waals surface area contributed by atoms with Crippen molar-refractivity contribution in [2.24, 2.45) is 5.92 Å². The van der Waals surface area contributed by atoms with E-state index < -0.39 is 0 Å². The predicted molar refractivity (Wildman–Crippen MR) is 104 cm³/mol. The molecule has 1 saturated heterocycles. The topological polar surface area (TPSA) is 60.9 Å². The lowest BCUT2D eigenvalue weighted by Gasteiger charge is -2.29. The van der Waals surface area contributed by atoms with Gasteiger partial charge in [-0.3, -0.25) is 19.3 Å². The first-order valence-electron chi connectivity index (χ1n) is 9.62. The molecule has 1 aliphatic heterocycles. The normalized spacial score (nSPS) is 18.1. The second-order valence-electron chi connectivity index (χ2n) is 7.22. The van der Waals surface area contributed by atoms with Gasteiger partial charge in [-0.15, -0.1) is 0 Å². The minimum absolute atomic E-state index is 0.0353. The van der Waals surface area contributed by atoms with Crippen molar-refractivity contribution in [2.75, 3.05) is 31.2 Å². The van der Waals surface area contributed by atoms with Crippen LogP contribution in [0.4, 0.5) is 5.69 Å². The Bertz CT molecular complexity index is 701. The molecule has 0 unspecified atom stereocenters.